The van der Waals surface area contributed by atoms with Gasteiger partial charge in [-0.05, 0) is 31.1 Å². The summed E-state index contributed by atoms with van der Waals surface area (Å²) < 4.78 is 0. The quantitative estimate of drug-likeness (QED) is 0.707. The monoisotopic (exact) mass is 210 g/mol. The van der Waals surface area contributed by atoms with Gasteiger partial charge in [0, 0.05) is 13.1 Å². The van der Waals surface area contributed by atoms with Crippen LogP contribution in [-0.2, 0) is 0 Å². The fraction of sp³-hybridized carbons (Fsp3) is 1.00. The molecule has 1 unspecified atom stereocenters. The van der Waals surface area contributed by atoms with Gasteiger partial charge in [0.05, 0.1) is 6.17 Å². The van der Waals surface area contributed by atoms with Gasteiger partial charge in [0.15, 0.2) is 0 Å². The van der Waals surface area contributed by atoms with Gasteiger partial charge in [-0.1, -0.05) is 32.6 Å². The number of hydrogen-bond acceptors (Lipinski definition) is 2. The van der Waals surface area contributed by atoms with Crippen molar-refractivity contribution in [3.63, 3.8) is 0 Å². The molecular formula is C13H26N2. The summed E-state index contributed by atoms with van der Waals surface area (Å²) in [7, 11) is 0. The van der Waals surface area contributed by atoms with Crippen molar-refractivity contribution in [1.82, 2.24) is 4.90 Å². The van der Waals surface area contributed by atoms with E-state index >= 15 is 0 Å². The third-order valence-electron chi connectivity index (χ3n) is 4.53. The largest absolute Gasteiger partial charge is 0.316 e. The highest BCUT2D eigenvalue weighted by Crippen LogP contribution is 2.45. The number of piperidine rings is 3. The second-order valence-electron chi connectivity index (χ2n) is 5.62. The number of fused-ring (bicyclic) bond motifs is 3. The molecule has 3 aliphatic heterocycles. The first-order valence-electron chi connectivity index (χ1n) is 6.75. The average molecular weight is 210 g/mol. The molecule has 3 saturated heterocycles. The van der Waals surface area contributed by atoms with Crippen LogP contribution in [0, 0.1) is 5.41 Å². The zero-order valence-electron chi connectivity index (χ0n) is 10.2. The Bertz CT molecular complexity index is 195. The minimum absolute atomic E-state index is 0.374. The van der Waals surface area contributed by atoms with Crippen molar-refractivity contribution in [1.29, 1.82) is 0 Å². The SMILES string of the molecule is CCCCCCC12CCN(CC1)C(N)C2. The van der Waals surface area contributed by atoms with E-state index < -0.39 is 0 Å². The predicted octanol–water partition coefficient (Wildman–Crippen LogP) is 2.73. The summed E-state index contributed by atoms with van der Waals surface area (Å²) in [6.07, 6.45) is 11.5. The number of rotatable bonds is 5. The molecule has 0 aliphatic carbocycles. The predicted molar refractivity (Wildman–Crippen MR) is 64.6 cm³/mol. The number of hydrogen-bond donors (Lipinski definition) is 1. The highest BCUT2D eigenvalue weighted by Gasteiger charge is 2.42. The Balaban J connectivity index is 1.79. The number of unbranched alkanes of at least 4 members (excludes halogenated alkanes) is 3. The fourth-order valence-corrected chi connectivity index (χ4v) is 3.39. The van der Waals surface area contributed by atoms with E-state index in [1.165, 1.54) is 64.5 Å². The molecular weight excluding hydrogens is 184 g/mol. The van der Waals surface area contributed by atoms with Crippen LogP contribution in [-0.4, -0.2) is 24.2 Å². The van der Waals surface area contributed by atoms with Crippen molar-refractivity contribution in [2.45, 2.75) is 64.5 Å². The molecule has 88 valence electrons. The summed E-state index contributed by atoms with van der Waals surface area (Å²) in [6, 6.07) is 0. The maximum atomic E-state index is 6.16. The van der Waals surface area contributed by atoms with Crippen molar-refractivity contribution in [2.75, 3.05) is 13.1 Å². The van der Waals surface area contributed by atoms with E-state index in [0.29, 0.717) is 11.6 Å². The Hall–Kier alpha value is -0.0800. The zero-order valence-corrected chi connectivity index (χ0v) is 10.2. The lowest BCUT2D eigenvalue weighted by Crippen LogP contribution is -2.57. The summed E-state index contributed by atoms with van der Waals surface area (Å²) in [6.45, 7) is 4.80. The molecule has 3 heterocycles. The fourth-order valence-electron chi connectivity index (χ4n) is 3.39. The maximum Gasteiger partial charge on any atom is 0.0577 e. The molecule has 0 radical (unpaired) electrons. The van der Waals surface area contributed by atoms with Crippen LogP contribution in [0.3, 0.4) is 0 Å². The molecule has 2 N–H and O–H groups in total. The average Bonchev–Trinajstić information content (AvgIpc) is 2.26. The van der Waals surface area contributed by atoms with Gasteiger partial charge in [-0.2, -0.15) is 0 Å². The van der Waals surface area contributed by atoms with Crippen molar-refractivity contribution in [3.05, 3.63) is 0 Å². The van der Waals surface area contributed by atoms with Crippen LogP contribution in [0.25, 0.3) is 0 Å². The summed E-state index contributed by atoms with van der Waals surface area (Å²) in [5.41, 5.74) is 6.80. The molecule has 1 atom stereocenters. The van der Waals surface area contributed by atoms with Gasteiger partial charge in [0.25, 0.3) is 0 Å². The molecule has 0 aromatic heterocycles. The molecule has 0 amide bonds. The smallest absolute Gasteiger partial charge is 0.0577 e. The first-order chi connectivity index (χ1) is 7.26. The second kappa shape index (κ2) is 4.84. The van der Waals surface area contributed by atoms with Gasteiger partial charge >= 0.3 is 0 Å². The molecule has 2 heteroatoms. The number of nitrogens with zero attached hydrogens (tertiary/aromatic N) is 1. The van der Waals surface area contributed by atoms with Crippen LogP contribution >= 0.6 is 0 Å². The summed E-state index contributed by atoms with van der Waals surface area (Å²) >= 11 is 0. The van der Waals surface area contributed by atoms with Crippen molar-refractivity contribution in [2.24, 2.45) is 11.1 Å². The molecule has 0 aromatic rings. The molecule has 0 spiro atoms. The number of nitrogens with two attached hydrogens (primary N) is 1. The summed E-state index contributed by atoms with van der Waals surface area (Å²) in [5.74, 6) is 0. The lowest BCUT2D eigenvalue weighted by molar-refractivity contribution is -0.0245. The van der Waals surface area contributed by atoms with Crippen LogP contribution in [0.15, 0.2) is 0 Å². The molecule has 3 fully saturated rings. The standard InChI is InChI=1S/C13H26N2/c1-2-3-4-5-6-13-7-9-15(10-8-13)12(14)11-13/h12H,2-11,14H2,1H3. The van der Waals surface area contributed by atoms with Crippen LogP contribution in [0.5, 0.6) is 0 Å². The van der Waals surface area contributed by atoms with E-state index in [2.05, 4.69) is 11.8 Å². The first-order valence-corrected chi connectivity index (χ1v) is 6.75. The van der Waals surface area contributed by atoms with Gasteiger partial charge in [-0.25, -0.2) is 0 Å². The summed E-state index contributed by atoms with van der Waals surface area (Å²) in [5, 5.41) is 0. The van der Waals surface area contributed by atoms with E-state index in [9.17, 15) is 0 Å². The second-order valence-corrected chi connectivity index (χ2v) is 5.62. The Morgan fingerprint density at radius 1 is 1.20 bits per heavy atom. The Morgan fingerprint density at radius 3 is 2.53 bits per heavy atom. The lowest BCUT2D eigenvalue weighted by Gasteiger charge is -2.52. The minimum atomic E-state index is 0.374. The highest BCUT2D eigenvalue weighted by atomic mass is 15.2. The van der Waals surface area contributed by atoms with Crippen LogP contribution in [0.1, 0.15) is 58.3 Å². The lowest BCUT2D eigenvalue weighted by atomic mass is 9.68. The van der Waals surface area contributed by atoms with E-state index in [1.54, 1.807) is 0 Å². The summed E-state index contributed by atoms with van der Waals surface area (Å²) in [4.78, 5) is 2.47. The highest BCUT2D eigenvalue weighted by molar-refractivity contribution is 4.95. The minimum Gasteiger partial charge on any atom is -0.316 e. The van der Waals surface area contributed by atoms with Crippen molar-refractivity contribution in [3.8, 4) is 0 Å². The molecule has 3 aliphatic rings. The normalized spacial score (nSPS) is 39.6. The van der Waals surface area contributed by atoms with E-state index in [4.69, 9.17) is 5.73 Å². The molecule has 2 nitrogen and oxygen atoms in total. The third-order valence-corrected chi connectivity index (χ3v) is 4.53. The van der Waals surface area contributed by atoms with Gasteiger partial charge in [0.1, 0.15) is 0 Å². The van der Waals surface area contributed by atoms with Gasteiger partial charge in [0.2, 0.25) is 0 Å². The van der Waals surface area contributed by atoms with Crippen LogP contribution in [0.2, 0.25) is 0 Å². The van der Waals surface area contributed by atoms with Crippen LogP contribution in [0.4, 0.5) is 0 Å². The molecule has 0 saturated carbocycles. The Morgan fingerprint density at radius 2 is 1.93 bits per heavy atom. The maximum absolute atomic E-state index is 6.16. The van der Waals surface area contributed by atoms with Gasteiger partial charge < -0.3 is 5.73 Å². The zero-order chi connectivity index (χ0) is 10.7. The van der Waals surface area contributed by atoms with Gasteiger partial charge in [-0.15, -0.1) is 0 Å². The third kappa shape index (κ3) is 2.54. The Labute approximate surface area is 94.2 Å². The van der Waals surface area contributed by atoms with Crippen molar-refractivity contribution < 1.29 is 0 Å². The molecule has 3 rings (SSSR count). The van der Waals surface area contributed by atoms with Crippen molar-refractivity contribution >= 4 is 0 Å². The molecule has 2 bridgehead atoms. The van der Waals surface area contributed by atoms with E-state index in [0.717, 1.165) is 0 Å². The van der Waals surface area contributed by atoms with Gasteiger partial charge in [-0.3, -0.25) is 4.90 Å². The topological polar surface area (TPSA) is 29.3 Å². The van der Waals surface area contributed by atoms with E-state index in [1.807, 2.05) is 0 Å². The molecule has 15 heavy (non-hydrogen) atoms. The Kier molecular flexibility index (Phi) is 3.68. The van der Waals surface area contributed by atoms with E-state index in [-0.39, 0.29) is 0 Å². The van der Waals surface area contributed by atoms with Crippen LogP contribution < -0.4 is 5.73 Å². The molecule has 0 aromatic carbocycles. The first kappa shape index (κ1) is 11.4.